The van der Waals surface area contributed by atoms with Gasteiger partial charge in [0.2, 0.25) is 5.91 Å². The van der Waals surface area contributed by atoms with E-state index in [2.05, 4.69) is 24.4 Å². The summed E-state index contributed by atoms with van der Waals surface area (Å²) < 4.78 is 0. The zero-order valence-electron chi connectivity index (χ0n) is 11.4. The molecular weight excluding hydrogens is 224 g/mol. The molecule has 1 atom stereocenters. The van der Waals surface area contributed by atoms with Crippen LogP contribution in [0.15, 0.2) is 24.3 Å². The van der Waals surface area contributed by atoms with Crippen molar-refractivity contribution in [2.75, 3.05) is 6.54 Å². The van der Waals surface area contributed by atoms with E-state index in [9.17, 15) is 4.79 Å². The molecule has 0 aromatic heterocycles. The van der Waals surface area contributed by atoms with E-state index in [4.69, 9.17) is 5.73 Å². The zero-order chi connectivity index (χ0) is 13.4. The Kier molecular flexibility index (Phi) is 6.44. The van der Waals surface area contributed by atoms with Gasteiger partial charge in [0, 0.05) is 12.5 Å². The molecule has 100 valence electrons. The van der Waals surface area contributed by atoms with Gasteiger partial charge in [-0.2, -0.15) is 0 Å². The van der Waals surface area contributed by atoms with Crippen LogP contribution < -0.4 is 11.1 Å². The van der Waals surface area contributed by atoms with Crippen LogP contribution in [0.4, 0.5) is 0 Å². The lowest BCUT2D eigenvalue weighted by Gasteiger charge is -2.13. The maximum atomic E-state index is 11.8. The fourth-order valence-corrected chi connectivity index (χ4v) is 1.98. The summed E-state index contributed by atoms with van der Waals surface area (Å²) in [5, 5.41) is 3.01. The van der Waals surface area contributed by atoms with Crippen molar-refractivity contribution < 1.29 is 4.79 Å². The van der Waals surface area contributed by atoms with Gasteiger partial charge in [0.05, 0.1) is 0 Å². The van der Waals surface area contributed by atoms with Crippen LogP contribution in [0.2, 0.25) is 0 Å². The third-order valence-corrected chi connectivity index (χ3v) is 3.13. The van der Waals surface area contributed by atoms with Gasteiger partial charge in [0.1, 0.15) is 0 Å². The average molecular weight is 248 g/mol. The van der Waals surface area contributed by atoms with Gasteiger partial charge in [0.15, 0.2) is 0 Å². The molecule has 3 heteroatoms. The summed E-state index contributed by atoms with van der Waals surface area (Å²) in [6, 6.07) is 8.42. The number of rotatable bonds is 7. The van der Waals surface area contributed by atoms with Crippen LogP contribution in [0.3, 0.4) is 0 Å². The van der Waals surface area contributed by atoms with E-state index >= 15 is 0 Å². The predicted molar refractivity (Wildman–Crippen MR) is 75.4 cm³/mol. The van der Waals surface area contributed by atoms with E-state index in [1.807, 2.05) is 19.1 Å². The van der Waals surface area contributed by atoms with Crippen molar-refractivity contribution in [1.82, 2.24) is 5.32 Å². The van der Waals surface area contributed by atoms with Crippen molar-refractivity contribution in [2.45, 2.75) is 45.6 Å². The summed E-state index contributed by atoms with van der Waals surface area (Å²) in [4.78, 5) is 11.8. The van der Waals surface area contributed by atoms with E-state index in [0.717, 1.165) is 19.3 Å². The fraction of sp³-hybridized carbons (Fsp3) is 0.533. The molecule has 1 aromatic rings. The van der Waals surface area contributed by atoms with Crippen molar-refractivity contribution >= 4 is 5.91 Å². The van der Waals surface area contributed by atoms with E-state index in [-0.39, 0.29) is 11.9 Å². The van der Waals surface area contributed by atoms with Crippen LogP contribution in [0.1, 0.15) is 37.3 Å². The number of amides is 1. The second-order valence-electron chi connectivity index (χ2n) is 4.83. The third-order valence-electron chi connectivity index (χ3n) is 3.13. The van der Waals surface area contributed by atoms with E-state index in [1.165, 1.54) is 11.1 Å². The monoisotopic (exact) mass is 248 g/mol. The Labute approximate surface area is 110 Å². The first-order valence-electron chi connectivity index (χ1n) is 6.67. The van der Waals surface area contributed by atoms with Crippen LogP contribution in [-0.2, 0) is 11.2 Å². The van der Waals surface area contributed by atoms with Crippen molar-refractivity contribution in [1.29, 1.82) is 0 Å². The average Bonchev–Trinajstić information content (AvgIpc) is 2.35. The van der Waals surface area contributed by atoms with Gasteiger partial charge in [-0.3, -0.25) is 4.79 Å². The maximum absolute atomic E-state index is 11.8. The molecule has 1 amide bonds. The number of carbonyl (C=O) groups excluding carboxylic acids is 1. The summed E-state index contributed by atoms with van der Waals surface area (Å²) in [6.07, 6.45) is 3.27. The molecule has 0 radical (unpaired) electrons. The quantitative estimate of drug-likeness (QED) is 0.777. The van der Waals surface area contributed by atoms with E-state index in [1.54, 1.807) is 0 Å². The first kappa shape index (κ1) is 14.7. The molecule has 18 heavy (non-hydrogen) atoms. The Morgan fingerprint density at radius 1 is 1.39 bits per heavy atom. The van der Waals surface area contributed by atoms with Gasteiger partial charge in [-0.25, -0.2) is 0 Å². The Morgan fingerprint density at radius 2 is 2.11 bits per heavy atom. The summed E-state index contributed by atoms with van der Waals surface area (Å²) >= 11 is 0. The predicted octanol–water partition coefficient (Wildman–Crippen LogP) is 2.17. The van der Waals surface area contributed by atoms with Crippen molar-refractivity contribution in [3.8, 4) is 0 Å². The molecule has 0 bridgehead atoms. The molecule has 1 aromatic carbocycles. The molecule has 0 aliphatic rings. The van der Waals surface area contributed by atoms with Crippen LogP contribution in [0, 0.1) is 6.92 Å². The molecule has 0 fully saturated rings. The third kappa shape index (κ3) is 5.32. The topological polar surface area (TPSA) is 55.1 Å². The van der Waals surface area contributed by atoms with Crippen LogP contribution in [-0.4, -0.2) is 18.5 Å². The molecule has 3 nitrogen and oxygen atoms in total. The highest BCUT2D eigenvalue weighted by atomic mass is 16.1. The Morgan fingerprint density at radius 3 is 2.78 bits per heavy atom. The lowest BCUT2D eigenvalue weighted by Crippen LogP contribution is -2.33. The summed E-state index contributed by atoms with van der Waals surface area (Å²) in [5.74, 6) is 0.128. The smallest absolute Gasteiger partial charge is 0.220 e. The van der Waals surface area contributed by atoms with Gasteiger partial charge < -0.3 is 11.1 Å². The highest BCUT2D eigenvalue weighted by Gasteiger charge is 2.07. The maximum Gasteiger partial charge on any atom is 0.220 e. The van der Waals surface area contributed by atoms with Crippen molar-refractivity contribution in [3.05, 3.63) is 35.4 Å². The number of carbonyl (C=O) groups is 1. The normalized spacial score (nSPS) is 12.2. The highest BCUT2D eigenvalue weighted by molar-refractivity contribution is 5.76. The lowest BCUT2D eigenvalue weighted by atomic mass is 10.0. The van der Waals surface area contributed by atoms with Gasteiger partial charge in [-0.1, -0.05) is 24.3 Å². The van der Waals surface area contributed by atoms with Crippen LogP contribution >= 0.6 is 0 Å². The second kappa shape index (κ2) is 7.88. The molecule has 0 saturated heterocycles. The number of nitrogens with one attached hydrogen (secondary N) is 1. The largest absolute Gasteiger partial charge is 0.354 e. The molecule has 0 aliphatic heterocycles. The number of hydrogen-bond acceptors (Lipinski definition) is 2. The number of hydrogen-bond donors (Lipinski definition) is 2. The standard InChI is InChI=1S/C15H24N2O/c1-12-6-3-4-8-14(12)9-10-15(18)17-13(2)7-5-11-16/h3-4,6,8,13H,5,7,9-11,16H2,1-2H3,(H,17,18). The van der Waals surface area contributed by atoms with Crippen LogP contribution in [0.25, 0.3) is 0 Å². The molecule has 1 unspecified atom stereocenters. The highest BCUT2D eigenvalue weighted by Crippen LogP contribution is 2.09. The minimum Gasteiger partial charge on any atom is -0.354 e. The Hall–Kier alpha value is -1.35. The molecule has 0 spiro atoms. The number of benzene rings is 1. The molecule has 0 heterocycles. The number of aryl methyl sites for hydroxylation is 2. The Balaban J connectivity index is 2.31. The van der Waals surface area contributed by atoms with E-state index in [0.29, 0.717) is 13.0 Å². The minimum atomic E-state index is 0.128. The van der Waals surface area contributed by atoms with Gasteiger partial charge in [-0.15, -0.1) is 0 Å². The summed E-state index contributed by atoms with van der Waals surface area (Å²) in [5.41, 5.74) is 7.95. The minimum absolute atomic E-state index is 0.128. The fourth-order valence-electron chi connectivity index (χ4n) is 1.98. The molecule has 0 saturated carbocycles. The van der Waals surface area contributed by atoms with Gasteiger partial charge in [-0.05, 0) is 50.8 Å². The molecule has 1 rings (SSSR count). The lowest BCUT2D eigenvalue weighted by molar-refractivity contribution is -0.121. The van der Waals surface area contributed by atoms with E-state index < -0.39 is 0 Å². The van der Waals surface area contributed by atoms with Crippen molar-refractivity contribution in [3.63, 3.8) is 0 Å². The molecule has 3 N–H and O–H groups in total. The molecule has 0 aliphatic carbocycles. The second-order valence-corrected chi connectivity index (χ2v) is 4.83. The number of nitrogens with two attached hydrogens (primary N) is 1. The first-order valence-corrected chi connectivity index (χ1v) is 6.67. The molecular formula is C15H24N2O. The first-order chi connectivity index (χ1) is 8.63. The van der Waals surface area contributed by atoms with Crippen LogP contribution in [0.5, 0.6) is 0 Å². The summed E-state index contributed by atoms with van der Waals surface area (Å²) in [6.45, 7) is 4.79. The zero-order valence-corrected chi connectivity index (χ0v) is 11.4. The van der Waals surface area contributed by atoms with Gasteiger partial charge >= 0.3 is 0 Å². The Bertz CT molecular complexity index is 377. The van der Waals surface area contributed by atoms with Crippen molar-refractivity contribution in [2.24, 2.45) is 5.73 Å². The SMILES string of the molecule is Cc1ccccc1CCC(=O)NC(C)CCCN. The van der Waals surface area contributed by atoms with Gasteiger partial charge in [0.25, 0.3) is 0 Å². The summed E-state index contributed by atoms with van der Waals surface area (Å²) in [7, 11) is 0.